The van der Waals surface area contributed by atoms with Gasteiger partial charge in [-0.3, -0.25) is 0 Å². The summed E-state index contributed by atoms with van der Waals surface area (Å²) in [6, 6.07) is 9.52. The SMILES string of the molecule is CC(C)(O)C1CCN(c2cccc(-c3nc(-c4nccs4)cc(N)c3C#N)n2)C1. The van der Waals surface area contributed by atoms with Crippen LogP contribution in [-0.2, 0) is 0 Å². The van der Waals surface area contributed by atoms with E-state index in [4.69, 9.17) is 10.7 Å². The molecule has 4 rings (SSSR count). The molecule has 0 amide bonds. The Kier molecular flexibility index (Phi) is 4.94. The topological polar surface area (TPSA) is 112 Å². The smallest absolute Gasteiger partial charge is 0.141 e. The van der Waals surface area contributed by atoms with Gasteiger partial charge in [0.2, 0.25) is 0 Å². The van der Waals surface area contributed by atoms with Crippen molar-refractivity contribution in [3.8, 4) is 28.2 Å². The molecule has 148 valence electrons. The lowest BCUT2D eigenvalue weighted by molar-refractivity contribution is 0.0263. The maximum absolute atomic E-state index is 10.3. The number of nitrogens with two attached hydrogens (primary N) is 1. The third-order valence-corrected chi connectivity index (χ3v) is 6.10. The fourth-order valence-electron chi connectivity index (χ4n) is 3.60. The van der Waals surface area contributed by atoms with Crippen LogP contribution in [-0.4, -0.2) is 38.7 Å². The first-order valence-electron chi connectivity index (χ1n) is 9.42. The number of thiazole rings is 1. The van der Waals surface area contributed by atoms with Crippen molar-refractivity contribution in [3.05, 3.63) is 41.4 Å². The van der Waals surface area contributed by atoms with Crippen molar-refractivity contribution < 1.29 is 5.11 Å². The lowest BCUT2D eigenvalue weighted by Crippen LogP contribution is -2.33. The molecule has 1 saturated heterocycles. The fraction of sp³-hybridized carbons (Fsp3) is 0.333. The summed E-state index contributed by atoms with van der Waals surface area (Å²) in [5.41, 5.74) is 7.77. The fourth-order valence-corrected chi connectivity index (χ4v) is 4.20. The van der Waals surface area contributed by atoms with Gasteiger partial charge in [0.1, 0.15) is 33.8 Å². The molecule has 29 heavy (non-hydrogen) atoms. The van der Waals surface area contributed by atoms with Crippen LogP contribution in [0.2, 0.25) is 0 Å². The van der Waals surface area contributed by atoms with E-state index in [0.717, 1.165) is 30.3 Å². The van der Waals surface area contributed by atoms with E-state index in [0.29, 0.717) is 28.3 Å². The molecule has 1 aliphatic heterocycles. The summed E-state index contributed by atoms with van der Waals surface area (Å²) in [7, 11) is 0. The van der Waals surface area contributed by atoms with E-state index in [-0.39, 0.29) is 5.92 Å². The number of pyridine rings is 2. The molecule has 1 fully saturated rings. The second-order valence-electron chi connectivity index (χ2n) is 7.74. The molecule has 4 heterocycles. The van der Waals surface area contributed by atoms with Gasteiger partial charge < -0.3 is 15.7 Å². The van der Waals surface area contributed by atoms with E-state index in [1.807, 2.05) is 37.4 Å². The van der Waals surface area contributed by atoms with Crippen LogP contribution in [0.25, 0.3) is 22.1 Å². The highest BCUT2D eigenvalue weighted by molar-refractivity contribution is 7.13. The molecule has 3 aromatic rings. The molecule has 0 bridgehead atoms. The van der Waals surface area contributed by atoms with Gasteiger partial charge >= 0.3 is 0 Å². The van der Waals surface area contributed by atoms with E-state index in [2.05, 4.69) is 20.9 Å². The zero-order valence-corrected chi connectivity index (χ0v) is 17.1. The minimum atomic E-state index is -0.724. The van der Waals surface area contributed by atoms with Crippen LogP contribution in [0.3, 0.4) is 0 Å². The van der Waals surface area contributed by atoms with Crippen LogP contribution in [0.1, 0.15) is 25.8 Å². The summed E-state index contributed by atoms with van der Waals surface area (Å²) in [6.07, 6.45) is 2.62. The van der Waals surface area contributed by atoms with Crippen molar-refractivity contribution >= 4 is 22.8 Å². The molecule has 0 radical (unpaired) electrons. The van der Waals surface area contributed by atoms with Gasteiger partial charge in [0.05, 0.1) is 17.0 Å². The number of rotatable bonds is 4. The number of hydrogen-bond donors (Lipinski definition) is 2. The van der Waals surface area contributed by atoms with Crippen LogP contribution >= 0.6 is 11.3 Å². The van der Waals surface area contributed by atoms with Crippen LogP contribution in [0, 0.1) is 17.2 Å². The summed E-state index contributed by atoms with van der Waals surface area (Å²) in [6.45, 7) is 5.26. The maximum Gasteiger partial charge on any atom is 0.141 e. The van der Waals surface area contributed by atoms with Gasteiger partial charge in [-0.1, -0.05) is 6.07 Å². The van der Waals surface area contributed by atoms with Gasteiger partial charge in [-0.25, -0.2) is 15.0 Å². The largest absolute Gasteiger partial charge is 0.398 e. The Morgan fingerprint density at radius 2 is 2.14 bits per heavy atom. The number of nitrogens with zero attached hydrogens (tertiary/aromatic N) is 5. The normalized spacial score (nSPS) is 16.8. The van der Waals surface area contributed by atoms with Gasteiger partial charge in [-0.2, -0.15) is 5.26 Å². The third-order valence-electron chi connectivity index (χ3n) is 5.30. The molecular weight excluding hydrogens is 384 g/mol. The summed E-state index contributed by atoms with van der Waals surface area (Å²) in [5.74, 6) is 0.989. The van der Waals surface area contributed by atoms with E-state index in [9.17, 15) is 10.4 Å². The van der Waals surface area contributed by atoms with Gasteiger partial charge in [-0.05, 0) is 38.5 Å². The van der Waals surface area contributed by atoms with E-state index < -0.39 is 5.60 Å². The maximum atomic E-state index is 10.3. The second kappa shape index (κ2) is 7.43. The highest BCUT2D eigenvalue weighted by atomic mass is 32.1. The molecule has 1 aliphatic rings. The van der Waals surface area contributed by atoms with Crippen molar-refractivity contribution in [2.75, 3.05) is 23.7 Å². The average Bonchev–Trinajstić information content (AvgIpc) is 3.39. The molecule has 1 unspecified atom stereocenters. The molecule has 0 saturated carbocycles. The van der Waals surface area contributed by atoms with E-state index >= 15 is 0 Å². The number of nitriles is 1. The molecular formula is C21H22N6OS. The molecule has 0 aliphatic carbocycles. The predicted molar refractivity (Wildman–Crippen MR) is 114 cm³/mol. The molecule has 1 atom stereocenters. The average molecular weight is 407 g/mol. The summed E-state index contributed by atoms with van der Waals surface area (Å²) >= 11 is 1.46. The molecule has 8 heteroatoms. The van der Waals surface area contributed by atoms with Crippen molar-refractivity contribution in [2.24, 2.45) is 5.92 Å². The Bertz CT molecular complexity index is 1070. The van der Waals surface area contributed by atoms with Gasteiger partial charge in [0, 0.05) is 30.6 Å². The summed E-state index contributed by atoms with van der Waals surface area (Å²) in [4.78, 5) is 15.9. The highest BCUT2D eigenvalue weighted by Gasteiger charge is 2.34. The van der Waals surface area contributed by atoms with Crippen molar-refractivity contribution in [3.63, 3.8) is 0 Å². The van der Waals surface area contributed by atoms with Crippen LogP contribution < -0.4 is 10.6 Å². The Balaban J connectivity index is 1.73. The van der Waals surface area contributed by atoms with Crippen molar-refractivity contribution in [2.45, 2.75) is 25.9 Å². The lowest BCUT2D eigenvalue weighted by Gasteiger charge is -2.26. The quantitative estimate of drug-likeness (QED) is 0.683. The van der Waals surface area contributed by atoms with Crippen LogP contribution in [0.5, 0.6) is 0 Å². The molecule has 0 aromatic carbocycles. The third kappa shape index (κ3) is 3.79. The molecule has 3 aromatic heterocycles. The predicted octanol–water partition coefficient (Wildman–Crippen LogP) is 3.32. The van der Waals surface area contributed by atoms with Gasteiger partial charge in [0.25, 0.3) is 0 Å². The first-order valence-corrected chi connectivity index (χ1v) is 10.3. The zero-order valence-electron chi connectivity index (χ0n) is 16.3. The standard InChI is InChI=1S/C21H22N6OS/c1-21(2,28)13-6-8-27(12-13)18-5-3-4-16(25-18)19-14(11-22)15(23)10-17(26-19)20-24-7-9-29-20/h3-5,7,9-10,13,28H,6,8,12H2,1-2H3,(H2,23,26). The first-order chi connectivity index (χ1) is 13.9. The molecule has 0 spiro atoms. The highest BCUT2D eigenvalue weighted by Crippen LogP contribution is 2.33. The second-order valence-corrected chi connectivity index (χ2v) is 8.63. The minimum absolute atomic E-state index is 0.185. The van der Waals surface area contributed by atoms with Crippen LogP contribution in [0.15, 0.2) is 35.8 Å². The van der Waals surface area contributed by atoms with Gasteiger partial charge in [0.15, 0.2) is 0 Å². The summed E-state index contributed by atoms with van der Waals surface area (Å²) < 4.78 is 0. The molecule has 7 nitrogen and oxygen atoms in total. The van der Waals surface area contributed by atoms with Crippen molar-refractivity contribution in [1.29, 1.82) is 5.26 Å². The minimum Gasteiger partial charge on any atom is -0.398 e. The number of hydrogen-bond acceptors (Lipinski definition) is 8. The first kappa shape index (κ1) is 19.3. The Morgan fingerprint density at radius 1 is 1.31 bits per heavy atom. The monoisotopic (exact) mass is 406 g/mol. The van der Waals surface area contributed by atoms with E-state index in [1.165, 1.54) is 11.3 Å². The summed E-state index contributed by atoms with van der Waals surface area (Å²) in [5, 5.41) is 22.6. The zero-order chi connectivity index (χ0) is 20.6. The van der Waals surface area contributed by atoms with E-state index in [1.54, 1.807) is 12.3 Å². The Hall–Kier alpha value is -3.02. The van der Waals surface area contributed by atoms with Crippen LogP contribution in [0.4, 0.5) is 11.5 Å². The Morgan fingerprint density at radius 3 is 2.79 bits per heavy atom. The number of anilines is 2. The Labute approximate surface area is 173 Å². The lowest BCUT2D eigenvalue weighted by atomic mass is 9.90. The number of aromatic nitrogens is 3. The number of aliphatic hydroxyl groups is 1. The molecule has 3 N–H and O–H groups in total. The van der Waals surface area contributed by atoms with Crippen molar-refractivity contribution in [1.82, 2.24) is 15.0 Å². The van der Waals surface area contributed by atoms with Gasteiger partial charge in [-0.15, -0.1) is 11.3 Å². The number of nitrogen functional groups attached to an aromatic ring is 1.